The minimum absolute atomic E-state index is 0.514. The van der Waals surface area contributed by atoms with Gasteiger partial charge < -0.3 is 0 Å². The normalized spacial score (nSPS) is 10.4. The maximum atomic E-state index is 5.02. The van der Waals surface area contributed by atoms with Gasteiger partial charge in [-0.15, -0.1) is 5.92 Å². The van der Waals surface area contributed by atoms with Crippen molar-refractivity contribution in [1.29, 1.82) is 0 Å². The molecule has 1 unspecified atom stereocenters. The van der Waals surface area contributed by atoms with E-state index >= 15 is 0 Å². The number of hydrogen-bond donors (Lipinski definition) is 1. The molecule has 0 aromatic heterocycles. The Kier molecular flexibility index (Phi) is 4.31. The zero-order valence-electron chi connectivity index (χ0n) is 7.95. The second-order valence-corrected chi connectivity index (χ2v) is 2.55. The molecule has 1 aromatic rings. The standard InChI is InChI=1S/C12H11NO/c1-2-6-12(14-13)10-9-11-7-4-3-5-8-11/h3-5,7-8,12H,13H2,1H3. The van der Waals surface area contributed by atoms with Gasteiger partial charge in [-0.1, -0.05) is 36.0 Å². The highest BCUT2D eigenvalue weighted by Crippen LogP contribution is 1.95. The first kappa shape index (κ1) is 10.3. The van der Waals surface area contributed by atoms with Gasteiger partial charge in [0.05, 0.1) is 0 Å². The summed E-state index contributed by atoms with van der Waals surface area (Å²) in [5, 5.41) is 0. The Hall–Kier alpha value is -1.74. The summed E-state index contributed by atoms with van der Waals surface area (Å²) in [6.45, 7) is 1.72. The molecule has 0 amide bonds. The fourth-order valence-electron chi connectivity index (χ4n) is 0.906. The van der Waals surface area contributed by atoms with Crippen LogP contribution in [0, 0.1) is 23.7 Å². The summed E-state index contributed by atoms with van der Waals surface area (Å²) in [6, 6.07) is 9.62. The predicted octanol–water partition coefficient (Wildman–Crippen LogP) is 1.32. The van der Waals surface area contributed by atoms with Gasteiger partial charge in [-0.3, -0.25) is 4.84 Å². The number of hydrogen-bond acceptors (Lipinski definition) is 2. The van der Waals surface area contributed by atoms with Crippen molar-refractivity contribution in [1.82, 2.24) is 0 Å². The van der Waals surface area contributed by atoms with Crippen LogP contribution in [0.25, 0.3) is 0 Å². The SMILES string of the molecule is CC#CC(C#Cc1ccccc1)ON. The summed E-state index contributed by atoms with van der Waals surface area (Å²) in [6.07, 6.45) is -0.514. The molecule has 0 heterocycles. The van der Waals surface area contributed by atoms with E-state index in [1.165, 1.54) is 0 Å². The molecule has 1 aromatic carbocycles. The Morgan fingerprint density at radius 3 is 2.50 bits per heavy atom. The zero-order chi connectivity index (χ0) is 10.2. The fourth-order valence-corrected chi connectivity index (χ4v) is 0.906. The molecule has 0 bridgehead atoms. The largest absolute Gasteiger partial charge is 0.275 e. The molecule has 0 aliphatic heterocycles. The lowest BCUT2D eigenvalue weighted by molar-refractivity contribution is 0.130. The lowest BCUT2D eigenvalue weighted by atomic mass is 10.2. The third-order valence-electron chi connectivity index (χ3n) is 1.53. The van der Waals surface area contributed by atoms with Crippen LogP contribution in [0.1, 0.15) is 12.5 Å². The van der Waals surface area contributed by atoms with Crippen molar-refractivity contribution in [3.63, 3.8) is 0 Å². The third kappa shape index (κ3) is 3.33. The second-order valence-electron chi connectivity index (χ2n) is 2.55. The smallest absolute Gasteiger partial charge is 0.199 e. The van der Waals surface area contributed by atoms with Gasteiger partial charge in [0.15, 0.2) is 6.10 Å². The Morgan fingerprint density at radius 2 is 1.93 bits per heavy atom. The summed E-state index contributed by atoms with van der Waals surface area (Å²) in [5.41, 5.74) is 0.924. The van der Waals surface area contributed by atoms with Gasteiger partial charge in [-0.25, -0.2) is 5.90 Å². The second kappa shape index (κ2) is 5.83. The van der Waals surface area contributed by atoms with E-state index in [1.807, 2.05) is 30.3 Å². The highest BCUT2D eigenvalue weighted by molar-refractivity contribution is 5.36. The Morgan fingerprint density at radius 1 is 1.21 bits per heavy atom. The molecular weight excluding hydrogens is 174 g/mol. The van der Waals surface area contributed by atoms with Gasteiger partial charge in [0, 0.05) is 5.56 Å². The van der Waals surface area contributed by atoms with E-state index in [1.54, 1.807) is 6.92 Å². The summed E-state index contributed by atoms with van der Waals surface area (Å²) < 4.78 is 0. The molecule has 1 rings (SSSR count). The average molecular weight is 185 g/mol. The molecule has 1 atom stereocenters. The number of nitrogens with two attached hydrogens (primary N) is 1. The number of benzene rings is 1. The van der Waals surface area contributed by atoms with E-state index in [9.17, 15) is 0 Å². The zero-order valence-corrected chi connectivity index (χ0v) is 7.95. The lowest BCUT2D eigenvalue weighted by Crippen LogP contribution is -2.12. The van der Waals surface area contributed by atoms with E-state index in [0.717, 1.165) is 5.56 Å². The summed E-state index contributed by atoms with van der Waals surface area (Å²) >= 11 is 0. The third-order valence-corrected chi connectivity index (χ3v) is 1.53. The predicted molar refractivity (Wildman–Crippen MR) is 55.8 cm³/mol. The van der Waals surface area contributed by atoms with Gasteiger partial charge in [0.2, 0.25) is 0 Å². The summed E-state index contributed by atoms with van der Waals surface area (Å²) in [4.78, 5) is 4.57. The molecule has 70 valence electrons. The first-order valence-corrected chi connectivity index (χ1v) is 4.21. The van der Waals surface area contributed by atoms with Crippen LogP contribution in [0.5, 0.6) is 0 Å². The molecule has 14 heavy (non-hydrogen) atoms. The van der Waals surface area contributed by atoms with Crippen molar-refractivity contribution in [2.45, 2.75) is 13.0 Å². The molecule has 0 saturated heterocycles. The van der Waals surface area contributed by atoms with E-state index in [-0.39, 0.29) is 0 Å². The van der Waals surface area contributed by atoms with Crippen molar-refractivity contribution in [3.8, 4) is 23.7 Å². The topological polar surface area (TPSA) is 35.2 Å². The van der Waals surface area contributed by atoms with Crippen LogP contribution in [0.15, 0.2) is 30.3 Å². The Balaban J connectivity index is 2.74. The maximum absolute atomic E-state index is 5.02. The van der Waals surface area contributed by atoms with Crippen molar-refractivity contribution in [3.05, 3.63) is 35.9 Å². The molecule has 2 heteroatoms. The van der Waals surface area contributed by atoms with Crippen LogP contribution in [-0.4, -0.2) is 6.10 Å². The van der Waals surface area contributed by atoms with Gasteiger partial charge in [-0.05, 0) is 19.1 Å². The highest BCUT2D eigenvalue weighted by atomic mass is 16.6. The van der Waals surface area contributed by atoms with Crippen molar-refractivity contribution in [2.75, 3.05) is 0 Å². The van der Waals surface area contributed by atoms with Crippen molar-refractivity contribution >= 4 is 0 Å². The van der Waals surface area contributed by atoms with E-state index in [2.05, 4.69) is 28.5 Å². The molecular formula is C12H11NO. The van der Waals surface area contributed by atoms with Crippen molar-refractivity contribution in [2.24, 2.45) is 5.90 Å². The molecule has 2 N–H and O–H groups in total. The first-order chi connectivity index (χ1) is 6.86. The van der Waals surface area contributed by atoms with Crippen LogP contribution in [-0.2, 0) is 4.84 Å². The molecule has 0 spiro atoms. The highest BCUT2D eigenvalue weighted by Gasteiger charge is 1.94. The summed E-state index contributed by atoms with van der Waals surface area (Å²) in [7, 11) is 0. The van der Waals surface area contributed by atoms with E-state index in [0.29, 0.717) is 0 Å². The monoisotopic (exact) mass is 185 g/mol. The minimum Gasteiger partial charge on any atom is -0.275 e. The quantitative estimate of drug-likeness (QED) is 0.529. The molecule has 0 aliphatic carbocycles. The molecule has 0 radical (unpaired) electrons. The van der Waals surface area contributed by atoms with Crippen LogP contribution in [0.3, 0.4) is 0 Å². The summed E-state index contributed by atoms with van der Waals surface area (Å²) in [5.74, 6) is 16.2. The Bertz CT molecular complexity index is 389. The maximum Gasteiger partial charge on any atom is 0.199 e. The van der Waals surface area contributed by atoms with Crippen LogP contribution in [0.2, 0.25) is 0 Å². The van der Waals surface area contributed by atoms with E-state index < -0.39 is 6.10 Å². The van der Waals surface area contributed by atoms with Crippen LogP contribution < -0.4 is 5.90 Å². The molecule has 0 aliphatic rings. The van der Waals surface area contributed by atoms with Crippen LogP contribution in [0.4, 0.5) is 0 Å². The fraction of sp³-hybridized carbons (Fsp3) is 0.167. The average Bonchev–Trinajstić information content (AvgIpc) is 2.25. The minimum atomic E-state index is -0.514. The van der Waals surface area contributed by atoms with Gasteiger partial charge in [0.1, 0.15) is 0 Å². The molecule has 2 nitrogen and oxygen atoms in total. The first-order valence-electron chi connectivity index (χ1n) is 4.21. The number of rotatable bonds is 1. The van der Waals surface area contributed by atoms with Gasteiger partial charge in [0.25, 0.3) is 0 Å². The molecule has 0 saturated carbocycles. The van der Waals surface area contributed by atoms with Gasteiger partial charge >= 0.3 is 0 Å². The van der Waals surface area contributed by atoms with Crippen molar-refractivity contribution < 1.29 is 4.84 Å². The Labute approximate surface area is 84.0 Å². The lowest BCUT2D eigenvalue weighted by Gasteiger charge is -1.96. The van der Waals surface area contributed by atoms with Gasteiger partial charge in [-0.2, -0.15) is 0 Å². The van der Waals surface area contributed by atoms with Crippen LogP contribution >= 0.6 is 0 Å². The van der Waals surface area contributed by atoms with E-state index in [4.69, 9.17) is 5.90 Å². The molecule has 0 fully saturated rings.